The number of hydrogen-bond donors (Lipinski definition) is 2. The van der Waals surface area contributed by atoms with Crippen LogP contribution < -0.4 is 10.6 Å². The van der Waals surface area contributed by atoms with Gasteiger partial charge in [0.25, 0.3) is 5.91 Å². The normalized spacial score (nSPS) is 10.8. The summed E-state index contributed by atoms with van der Waals surface area (Å²) in [5, 5.41) is 4.94. The first-order valence-electron chi connectivity index (χ1n) is 4.99. The van der Waals surface area contributed by atoms with Gasteiger partial charge in [0, 0.05) is 20.4 Å². The molecule has 0 saturated carbocycles. The Hall–Kier alpha value is -2.01. The molecular formula is C10H14N4O3S. The average molecular weight is 270 g/mol. The summed E-state index contributed by atoms with van der Waals surface area (Å²) in [6, 6.07) is 0. The second kappa shape index (κ2) is 5.10. The number of nitrogens with zero attached hydrogens (tertiary/aromatic N) is 2. The number of nitrogens with one attached hydrogen (secondary N) is 2. The van der Waals surface area contributed by atoms with Crippen molar-refractivity contribution in [1.29, 1.82) is 0 Å². The van der Waals surface area contributed by atoms with E-state index in [1.54, 1.807) is 0 Å². The third-order valence-corrected chi connectivity index (χ3v) is 3.21. The van der Waals surface area contributed by atoms with E-state index in [0.29, 0.717) is 0 Å². The summed E-state index contributed by atoms with van der Waals surface area (Å²) >= 11 is 0. The summed E-state index contributed by atoms with van der Waals surface area (Å²) in [7, 11) is -0.624. The van der Waals surface area contributed by atoms with Gasteiger partial charge in [-0.15, -0.1) is 6.42 Å². The highest BCUT2D eigenvalue weighted by Gasteiger charge is 2.24. The molecule has 1 aromatic heterocycles. The fourth-order valence-electron chi connectivity index (χ4n) is 1.45. The van der Waals surface area contributed by atoms with Gasteiger partial charge in [0.1, 0.15) is 0 Å². The molecule has 0 aliphatic carbocycles. The number of aromatic nitrogens is 2. The van der Waals surface area contributed by atoms with Crippen molar-refractivity contribution < 1.29 is 13.2 Å². The number of hydrogen-bond acceptors (Lipinski definition) is 5. The van der Waals surface area contributed by atoms with Crippen LogP contribution in [0.1, 0.15) is 10.5 Å². The van der Waals surface area contributed by atoms with Crippen molar-refractivity contribution in [2.45, 2.75) is 5.16 Å². The lowest BCUT2D eigenvalue weighted by atomic mass is 10.4. The molecule has 0 fully saturated rings. The van der Waals surface area contributed by atoms with Crippen LogP contribution in [0.15, 0.2) is 5.16 Å². The first kappa shape index (κ1) is 14.1. The third kappa shape index (κ3) is 2.62. The molecule has 1 rings (SSSR count). The first-order chi connectivity index (χ1) is 8.32. The van der Waals surface area contributed by atoms with Gasteiger partial charge < -0.3 is 15.2 Å². The third-order valence-electron chi connectivity index (χ3n) is 2.19. The monoisotopic (exact) mass is 270 g/mol. The largest absolute Gasteiger partial charge is 0.357 e. The summed E-state index contributed by atoms with van der Waals surface area (Å²) < 4.78 is 24.3. The van der Waals surface area contributed by atoms with Gasteiger partial charge >= 0.3 is 0 Å². The van der Waals surface area contributed by atoms with Crippen LogP contribution in [-0.4, -0.2) is 43.7 Å². The lowest BCUT2D eigenvalue weighted by Crippen LogP contribution is -2.23. The minimum Gasteiger partial charge on any atom is -0.357 e. The van der Waals surface area contributed by atoms with E-state index in [1.165, 1.54) is 18.7 Å². The second-order valence-corrected chi connectivity index (χ2v) is 5.47. The molecule has 0 radical (unpaired) electrons. The van der Waals surface area contributed by atoms with Gasteiger partial charge in [-0.25, -0.2) is 13.4 Å². The van der Waals surface area contributed by atoms with E-state index in [2.05, 4.69) is 21.5 Å². The summed E-state index contributed by atoms with van der Waals surface area (Å²) in [5.41, 5.74) is 0.119. The summed E-state index contributed by atoms with van der Waals surface area (Å²) in [6.45, 7) is 0.143. The van der Waals surface area contributed by atoms with Gasteiger partial charge in [-0.2, -0.15) is 0 Å². The maximum atomic E-state index is 11.7. The highest BCUT2D eigenvalue weighted by Crippen LogP contribution is 2.19. The van der Waals surface area contributed by atoms with Crippen LogP contribution in [0.25, 0.3) is 0 Å². The number of carbonyl (C=O) groups excluding carboxylic acids is 1. The topological polar surface area (TPSA) is 93.1 Å². The van der Waals surface area contributed by atoms with E-state index in [0.717, 1.165) is 6.26 Å². The van der Waals surface area contributed by atoms with E-state index >= 15 is 0 Å². The average Bonchev–Trinajstić information content (AvgIpc) is 2.62. The zero-order valence-corrected chi connectivity index (χ0v) is 11.1. The Bertz CT molecular complexity index is 610. The predicted molar refractivity (Wildman–Crippen MR) is 67.0 cm³/mol. The van der Waals surface area contributed by atoms with E-state index < -0.39 is 15.7 Å². The van der Waals surface area contributed by atoms with Crippen molar-refractivity contribution >= 4 is 21.6 Å². The zero-order valence-electron chi connectivity index (χ0n) is 10.3. The summed E-state index contributed by atoms with van der Waals surface area (Å²) in [4.78, 5) is 15.6. The number of anilines is 1. The predicted octanol–water partition coefficient (Wildman–Crippen LogP) is -0.772. The Morgan fingerprint density at radius 3 is 2.61 bits per heavy atom. The molecule has 8 heteroatoms. The van der Waals surface area contributed by atoms with Crippen LogP contribution in [0.3, 0.4) is 0 Å². The number of terminal acetylenes is 1. The van der Waals surface area contributed by atoms with Gasteiger partial charge in [-0.1, -0.05) is 5.92 Å². The van der Waals surface area contributed by atoms with Crippen LogP contribution in [0.5, 0.6) is 0 Å². The van der Waals surface area contributed by atoms with Gasteiger partial charge in [0.2, 0.25) is 15.0 Å². The Balaban J connectivity index is 3.42. The molecule has 0 aromatic carbocycles. The quantitative estimate of drug-likeness (QED) is 0.701. The molecule has 0 aliphatic heterocycles. The van der Waals surface area contributed by atoms with E-state index in [4.69, 9.17) is 6.42 Å². The molecule has 1 heterocycles. The van der Waals surface area contributed by atoms with Crippen molar-refractivity contribution in [3.05, 3.63) is 5.69 Å². The zero-order chi connectivity index (χ0) is 13.9. The van der Waals surface area contributed by atoms with Crippen LogP contribution in [0.2, 0.25) is 0 Å². The fourth-order valence-corrected chi connectivity index (χ4v) is 2.29. The molecule has 0 atom stereocenters. The molecule has 0 spiro atoms. The van der Waals surface area contributed by atoms with Crippen LogP contribution in [0, 0.1) is 12.3 Å². The Morgan fingerprint density at radius 2 is 2.17 bits per heavy atom. The van der Waals surface area contributed by atoms with Crippen molar-refractivity contribution in [3.63, 3.8) is 0 Å². The van der Waals surface area contributed by atoms with Crippen LogP contribution >= 0.6 is 0 Å². The number of amides is 1. The molecule has 98 valence electrons. The van der Waals surface area contributed by atoms with Crippen molar-refractivity contribution in [1.82, 2.24) is 14.9 Å². The maximum Gasteiger partial charge on any atom is 0.271 e. The molecule has 0 unspecified atom stereocenters. The molecule has 7 nitrogen and oxygen atoms in total. The van der Waals surface area contributed by atoms with Gasteiger partial charge in [-0.3, -0.25) is 4.79 Å². The molecule has 1 amide bonds. The number of rotatable bonds is 4. The summed E-state index contributed by atoms with van der Waals surface area (Å²) in [5.74, 6) is 2.03. The number of carbonyl (C=O) groups is 1. The molecule has 0 bridgehead atoms. The lowest BCUT2D eigenvalue weighted by Gasteiger charge is -2.05. The highest BCUT2D eigenvalue weighted by atomic mass is 32.2. The summed E-state index contributed by atoms with van der Waals surface area (Å²) in [6.07, 6.45) is 6.12. The lowest BCUT2D eigenvalue weighted by molar-refractivity contribution is 0.0955. The molecule has 0 saturated heterocycles. The molecular weight excluding hydrogens is 256 g/mol. The first-order valence-corrected chi connectivity index (χ1v) is 6.88. The van der Waals surface area contributed by atoms with Gasteiger partial charge in [0.05, 0.1) is 6.54 Å². The second-order valence-electron chi connectivity index (χ2n) is 3.56. The van der Waals surface area contributed by atoms with Crippen molar-refractivity contribution in [2.75, 3.05) is 25.2 Å². The van der Waals surface area contributed by atoms with Crippen molar-refractivity contribution in [3.8, 4) is 12.3 Å². The molecule has 1 aromatic rings. The van der Waals surface area contributed by atoms with Gasteiger partial charge in [0.15, 0.2) is 11.5 Å². The van der Waals surface area contributed by atoms with E-state index in [-0.39, 0.29) is 23.2 Å². The smallest absolute Gasteiger partial charge is 0.271 e. The van der Waals surface area contributed by atoms with E-state index in [9.17, 15) is 13.2 Å². The molecule has 2 N–H and O–H groups in total. The Kier molecular flexibility index (Phi) is 3.98. The minimum absolute atomic E-state index is 0.119. The standard InChI is InChI=1S/C10H14N4O3S/c1-5-6-12-8-7(9(15)11-2)14(3)10(13-8)18(4,16)17/h1,12H,6H2,2-4H3,(H,11,15). The fraction of sp³-hybridized carbons (Fsp3) is 0.400. The van der Waals surface area contributed by atoms with Crippen molar-refractivity contribution in [2.24, 2.45) is 7.05 Å². The Labute approximate surface area is 106 Å². The van der Waals surface area contributed by atoms with Crippen LogP contribution in [-0.2, 0) is 16.9 Å². The SMILES string of the molecule is C#CCNc1nc(S(C)(=O)=O)n(C)c1C(=O)NC. The van der Waals surface area contributed by atoms with E-state index in [1.807, 2.05) is 0 Å². The van der Waals surface area contributed by atoms with Crippen LogP contribution in [0.4, 0.5) is 5.82 Å². The maximum absolute atomic E-state index is 11.7. The number of imidazole rings is 1. The minimum atomic E-state index is -3.52. The molecule has 0 aliphatic rings. The highest BCUT2D eigenvalue weighted by molar-refractivity contribution is 7.90. The Morgan fingerprint density at radius 1 is 1.56 bits per heavy atom. The van der Waals surface area contributed by atoms with Gasteiger partial charge in [-0.05, 0) is 0 Å². The molecule has 18 heavy (non-hydrogen) atoms. The number of sulfone groups is 1.